The maximum atomic E-state index is 10.5. The van der Waals surface area contributed by atoms with Gasteiger partial charge in [0.05, 0.1) is 17.5 Å². The fraction of sp³-hybridized carbons (Fsp3) is 0.250. The second kappa shape index (κ2) is 5.36. The molecule has 25 heavy (non-hydrogen) atoms. The van der Waals surface area contributed by atoms with Crippen molar-refractivity contribution in [2.75, 3.05) is 6.54 Å². The Hall–Kier alpha value is -2.79. The molecule has 5 heteroatoms. The van der Waals surface area contributed by atoms with Gasteiger partial charge in [-0.15, -0.1) is 0 Å². The van der Waals surface area contributed by atoms with Gasteiger partial charge in [0.25, 0.3) is 0 Å². The van der Waals surface area contributed by atoms with Crippen molar-refractivity contribution in [3.05, 3.63) is 64.8 Å². The zero-order valence-electron chi connectivity index (χ0n) is 13.7. The Morgan fingerprint density at radius 1 is 1.16 bits per heavy atom. The molecule has 0 fully saturated rings. The molecule has 1 atom stereocenters. The van der Waals surface area contributed by atoms with Gasteiger partial charge in [0.2, 0.25) is 0 Å². The van der Waals surface area contributed by atoms with E-state index in [0.717, 1.165) is 53.9 Å². The summed E-state index contributed by atoms with van der Waals surface area (Å²) in [7, 11) is 0. The lowest BCUT2D eigenvalue weighted by Gasteiger charge is -2.41. The summed E-state index contributed by atoms with van der Waals surface area (Å²) in [5, 5.41) is 27.9. The summed E-state index contributed by atoms with van der Waals surface area (Å²) >= 11 is 0. The molecule has 2 heterocycles. The van der Waals surface area contributed by atoms with Gasteiger partial charge in [0.1, 0.15) is 0 Å². The Morgan fingerprint density at radius 3 is 2.84 bits per heavy atom. The van der Waals surface area contributed by atoms with Gasteiger partial charge in [0.15, 0.2) is 11.5 Å². The predicted molar refractivity (Wildman–Crippen MR) is 94.4 cm³/mol. The second-order valence-electron chi connectivity index (χ2n) is 6.89. The van der Waals surface area contributed by atoms with E-state index >= 15 is 0 Å². The van der Waals surface area contributed by atoms with E-state index in [1.807, 2.05) is 12.3 Å². The molecule has 2 aromatic carbocycles. The highest BCUT2D eigenvalue weighted by molar-refractivity contribution is 5.80. The highest BCUT2D eigenvalue weighted by atomic mass is 16.3. The number of H-pyrrole nitrogens is 1. The Bertz CT molecular complexity index is 949. The van der Waals surface area contributed by atoms with Crippen molar-refractivity contribution >= 4 is 0 Å². The maximum Gasteiger partial charge on any atom is 0.167 e. The average Bonchev–Trinajstić information content (AvgIpc) is 3.10. The topological polar surface area (TPSA) is 72.4 Å². The van der Waals surface area contributed by atoms with E-state index in [1.165, 1.54) is 5.56 Å². The number of phenols is 2. The monoisotopic (exact) mass is 333 g/mol. The molecule has 0 bridgehead atoms. The van der Waals surface area contributed by atoms with E-state index < -0.39 is 0 Å². The molecule has 0 saturated heterocycles. The largest absolute Gasteiger partial charge is 0.504 e. The molecule has 0 amide bonds. The number of aromatic nitrogens is 2. The fourth-order valence-electron chi connectivity index (χ4n) is 4.30. The van der Waals surface area contributed by atoms with Crippen molar-refractivity contribution in [3.63, 3.8) is 0 Å². The molecule has 0 saturated carbocycles. The molecule has 1 aromatic heterocycles. The van der Waals surface area contributed by atoms with Crippen LogP contribution in [0.3, 0.4) is 0 Å². The summed E-state index contributed by atoms with van der Waals surface area (Å²) in [6.45, 7) is 1.81. The third kappa shape index (κ3) is 2.16. The van der Waals surface area contributed by atoms with Gasteiger partial charge < -0.3 is 10.2 Å². The first-order valence-electron chi connectivity index (χ1n) is 8.60. The third-order valence-corrected chi connectivity index (χ3v) is 5.46. The zero-order valence-corrected chi connectivity index (χ0v) is 13.7. The maximum absolute atomic E-state index is 10.5. The highest BCUT2D eigenvalue weighted by Crippen LogP contribution is 2.51. The van der Waals surface area contributed by atoms with Crippen LogP contribution in [0, 0.1) is 0 Å². The Balaban J connectivity index is 1.64. The van der Waals surface area contributed by atoms with Gasteiger partial charge in [-0.25, -0.2) is 0 Å². The zero-order chi connectivity index (χ0) is 17.0. The minimum atomic E-state index is -0.0496. The molecule has 1 aliphatic carbocycles. The van der Waals surface area contributed by atoms with Crippen LogP contribution >= 0.6 is 0 Å². The number of hydrogen-bond donors (Lipinski definition) is 3. The molecule has 5 nitrogen and oxygen atoms in total. The van der Waals surface area contributed by atoms with Crippen molar-refractivity contribution < 1.29 is 10.2 Å². The molecular formula is C20H19N3O2. The van der Waals surface area contributed by atoms with Gasteiger partial charge >= 0.3 is 0 Å². The second-order valence-corrected chi connectivity index (χ2v) is 6.89. The molecule has 126 valence electrons. The van der Waals surface area contributed by atoms with Crippen LogP contribution in [0.5, 0.6) is 11.5 Å². The molecule has 0 spiro atoms. The van der Waals surface area contributed by atoms with Crippen molar-refractivity contribution in [3.8, 4) is 22.8 Å². The van der Waals surface area contributed by atoms with E-state index in [2.05, 4.69) is 39.4 Å². The van der Waals surface area contributed by atoms with E-state index in [4.69, 9.17) is 0 Å². The van der Waals surface area contributed by atoms with Crippen LogP contribution in [-0.4, -0.2) is 31.9 Å². The first-order valence-corrected chi connectivity index (χ1v) is 8.60. The van der Waals surface area contributed by atoms with Crippen LogP contribution < -0.4 is 0 Å². The summed E-state index contributed by atoms with van der Waals surface area (Å²) in [5.41, 5.74) is 6.19. The van der Waals surface area contributed by atoms with Crippen molar-refractivity contribution in [1.82, 2.24) is 15.1 Å². The van der Waals surface area contributed by atoms with Crippen LogP contribution in [-0.2, 0) is 19.4 Å². The first-order chi connectivity index (χ1) is 12.2. The van der Waals surface area contributed by atoms with Crippen LogP contribution in [0.4, 0.5) is 0 Å². The van der Waals surface area contributed by atoms with Crippen molar-refractivity contribution in [1.29, 1.82) is 0 Å². The van der Waals surface area contributed by atoms with Gasteiger partial charge in [-0.3, -0.25) is 10.00 Å². The lowest BCUT2D eigenvalue weighted by molar-refractivity contribution is 0.173. The standard InChI is InChI=1S/C20H19N3O2/c24-16-9-13-6-7-23(11-12-4-2-1-3-5-12)15-8-14-10-21-22-19(14)18(17(13)15)20(16)25/h1-5,9-10,15,24-25H,6-8,11H2,(H,21,22). The molecule has 5 rings (SSSR count). The van der Waals surface area contributed by atoms with E-state index in [0.29, 0.717) is 0 Å². The lowest BCUT2D eigenvalue weighted by Crippen LogP contribution is -2.37. The van der Waals surface area contributed by atoms with E-state index in [9.17, 15) is 10.2 Å². The van der Waals surface area contributed by atoms with Crippen molar-refractivity contribution in [2.24, 2.45) is 0 Å². The van der Waals surface area contributed by atoms with Crippen LogP contribution in [0.15, 0.2) is 42.6 Å². The smallest absolute Gasteiger partial charge is 0.167 e. The van der Waals surface area contributed by atoms with Gasteiger partial charge in [-0.05, 0) is 41.2 Å². The van der Waals surface area contributed by atoms with Crippen LogP contribution in [0.2, 0.25) is 0 Å². The number of fused-ring (bicyclic) bond motifs is 2. The SMILES string of the molecule is Oc1cc2c3c(c1O)-c1[nH]ncc1CC3N(Cc1ccccc1)CC2. The number of aromatic hydroxyl groups is 2. The molecule has 1 aliphatic heterocycles. The van der Waals surface area contributed by atoms with Crippen LogP contribution in [0.1, 0.15) is 28.3 Å². The fourth-order valence-corrected chi connectivity index (χ4v) is 4.30. The molecule has 2 aliphatic rings. The number of phenolic OH excluding ortho intramolecular Hbond substituents is 2. The summed E-state index contributed by atoms with van der Waals surface area (Å²) in [6, 6.07) is 12.4. The third-order valence-electron chi connectivity index (χ3n) is 5.46. The molecule has 3 aromatic rings. The Morgan fingerprint density at radius 2 is 2.00 bits per heavy atom. The molecule has 3 N–H and O–H groups in total. The number of nitrogens with zero attached hydrogens (tertiary/aromatic N) is 2. The number of rotatable bonds is 2. The first kappa shape index (κ1) is 14.5. The molecule has 0 radical (unpaired) electrons. The Labute approximate surface area is 145 Å². The van der Waals surface area contributed by atoms with Crippen molar-refractivity contribution in [2.45, 2.75) is 25.4 Å². The summed E-state index contributed by atoms with van der Waals surface area (Å²) < 4.78 is 0. The lowest BCUT2D eigenvalue weighted by atomic mass is 9.79. The quantitative estimate of drug-likeness (QED) is 0.630. The van der Waals surface area contributed by atoms with Gasteiger partial charge in [-0.2, -0.15) is 5.10 Å². The molecular weight excluding hydrogens is 314 g/mol. The number of aromatic amines is 1. The number of benzene rings is 2. The predicted octanol–water partition coefficient (Wildman–Crippen LogP) is 3.14. The highest BCUT2D eigenvalue weighted by Gasteiger charge is 2.37. The van der Waals surface area contributed by atoms with Crippen LogP contribution in [0.25, 0.3) is 11.3 Å². The van der Waals surface area contributed by atoms with E-state index in [1.54, 1.807) is 6.07 Å². The normalized spacial score (nSPS) is 18.6. The number of hydrogen-bond acceptors (Lipinski definition) is 4. The van der Waals surface area contributed by atoms with Gasteiger partial charge in [-0.1, -0.05) is 30.3 Å². The Kier molecular flexibility index (Phi) is 3.12. The minimum absolute atomic E-state index is 0.0458. The summed E-state index contributed by atoms with van der Waals surface area (Å²) in [5.74, 6) is -0.0954. The number of nitrogens with one attached hydrogen (secondary N) is 1. The minimum Gasteiger partial charge on any atom is -0.504 e. The van der Waals surface area contributed by atoms with Gasteiger partial charge in [0, 0.05) is 19.1 Å². The van der Waals surface area contributed by atoms with E-state index in [-0.39, 0.29) is 17.5 Å². The summed E-state index contributed by atoms with van der Waals surface area (Å²) in [6.07, 6.45) is 3.56. The molecule has 1 unspecified atom stereocenters. The summed E-state index contributed by atoms with van der Waals surface area (Å²) in [4.78, 5) is 2.47. The average molecular weight is 333 g/mol.